The number of hydrogen-bond acceptors (Lipinski definition) is 6. The Morgan fingerprint density at radius 1 is 1.03 bits per heavy atom. The van der Waals surface area contributed by atoms with Crippen LogP contribution in [0, 0.1) is 0 Å². The minimum atomic E-state index is -1.25. The van der Waals surface area contributed by atoms with E-state index in [1.165, 1.54) is 0 Å². The van der Waals surface area contributed by atoms with Crippen LogP contribution in [0.15, 0.2) is 48.5 Å². The van der Waals surface area contributed by atoms with Crippen LogP contribution >= 0.6 is 11.6 Å². The van der Waals surface area contributed by atoms with E-state index in [4.69, 9.17) is 26.2 Å². The normalized spacial score (nSPS) is 11.1. The van der Waals surface area contributed by atoms with Crippen molar-refractivity contribution < 1.29 is 29.0 Å². The Kier molecular flexibility index (Phi) is 9.03. The van der Waals surface area contributed by atoms with Gasteiger partial charge in [0.15, 0.2) is 11.4 Å². The van der Waals surface area contributed by atoms with E-state index < -0.39 is 17.5 Å². The van der Waals surface area contributed by atoms with Crippen LogP contribution in [-0.2, 0) is 20.7 Å². The maximum absolute atomic E-state index is 12.1. The molecule has 0 saturated heterocycles. The summed E-state index contributed by atoms with van der Waals surface area (Å²) in [5.41, 5.74) is 0.409. The first-order chi connectivity index (χ1) is 14.7. The fourth-order valence-corrected chi connectivity index (χ4v) is 2.76. The van der Waals surface area contributed by atoms with E-state index in [1.54, 1.807) is 50.2 Å². The van der Waals surface area contributed by atoms with Crippen molar-refractivity contribution in [2.75, 3.05) is 19.7 Å². The van der Waals surface area contributed by atoms with E-state index >= 15 is 0 Å². The van der Waals surface area contributed by atoms with Gasteiger partial charge in [-0.05, 0) is 68.8 Å². The Labute approximate surface area is 186 Å². The molecule has 0 unspecified atom stereocenters. The zero-order chi connectivity index (χ0) is 22.9. The molecule has 166 valence electrons. The standard InChI is InChI=1S/C23H26ClNO6/c1-23(2,22(29)30-14-12-21(27)28)31-19-9-3-16(4-10-19)11-13-25-15-20(26)17-5-7-18(24)8-6-17/h3-10,25H,11-15H2,1-2H3,(H,27,28). The van der Waals surface area contributed by atoms with E-state index in [0.717, 1.165) is 12.0 Å². The third-order valence-electron chi connectivity index (χ3n) is 4.38. The molecule has 8 heteroatoms. The SMILES string of the molecule is CC(C)(Oc1ccc(CCNCC(=O)c2ccc(Cl)cc2)cc1)C(=O)OCCC(=O)O. The molecule has 2 aromatic rings. The summed E-state index contributed by atoms with van der Waals surface area (Å²) in [6, 6.07) is 14.0. The zero-order valence-corrected chi connectivity index (χ0v) is 18.3. The fourth-order valence-electron chi connectivity index (χ4n) is 2.64. The number of carbonyl (C=O) groups is 3. The Morgan fingerprint density at radius 2 is 1.68 bits per heavy atom. The number of nitrogens with one attached hydrogen (secondary N) is 1. The van der Waals surface area contributed by atoms with Gasteiger partial charge in [0.2, 0.25) is 0 Å². The van der Waals surface area contributed by atoms with Gasteiger partial charge in [-0.15, -0.1) is 0 Å². The van der Waals surface area contributed by atoms with Crippen LogP contribution in [0.5, 0.6) is 5.75 Å². The van der Waals surface area contributed by atoms with Gasteiger partial charge in [-0.3, -0.25) is 9.59 Å². The fraction of sp³-hybridized carbons (Fsp3) is 0.348. The van der Waals surface area contributed by atoms with Gasteiger partial charge in [0.05, 0.1) is 13.0 Å². The lowest BCUT2D eigenvalue weighted by Gasteiger charge is -2.24. The molecule has 7 nitrogen and oxygen atoms in total. The highest BCUT2D eigenvalue weighted by Crippen LogP contribution is 2.20. The number of aliphatic carboxylic acids is 1. The van der Waals surface area contributed by atoms with Gasteiger partial charge in [0.25, 0.3) is 0 Å². The Morgan fingerprint density at radius 3 is 2.29 bits per heavy atom. The number of rotatable bonds is 12. The van der Waals surface area contributed by atoms with Crippen LogP contribution < -0.4 is 10.1 Å². The molecule has 0 fully saturated rings. The van der Waals surface area contributed by atoms with Crippen LogP contribution in [0.4, 0.5) is 0 Å². The van der Waals surface area contributed by atoms with Crippen LogP contribution in [0.2, 0.25) is 5.02 Å². The van der Waals surface area contributed by atoms with Gasteiger partial charge in [-0.25, -0.2) is 4.79 Å². The third-order valence-corrected chi connectivity index (χ3v) is 4.63. The van der Waals surface area contributed by atoms with Crippen molar-refractivity contribution in [2.24, 2.45) is 0 Å². The quantitative estimate of drug-likeness (QED) is 0.291. The summed E-state index contributed by atoms with van der Waals surface area (Å²) in [4.78, 5) is 34.7. The lowest BCUT2D eigenvalue weighted by atomic mass is 10.1. The molecule has 0 atom stereocenters. The first kappa shape index (κ1) is 24.4. The molecule has 0 radical (unpaired) electrons. The van der Waals surface area contributed by atoms with Gasteiger partial charge in [0.1, 0.15) is 12.4 Å². The molecule has 0 bridgehead atoms. The smallest absolute Gasteiger partial charge is 0.349 e. The highest BCUT2D eigenvalue weighted by Gasteiger charge is 2.32. The number of carbonyl (C=O) groups excluding carboxylic acids is 2. The molecule has 2 rings (SSSR count). The molecule has 0 heterocycles. The first-order valence-corrected chi connectivity index (χ1v) is 10.2. The summed E-state index contributed by atoms with van der Waals surface area (Å²) in [7, 11) is 0. The van der Waals surface area contributed by atoms with Crippen molar-refractivity contribution in [1.82, 2.24) is 5.32 Å². The van der Waals surface area contributed by atoms with Crippen molar-refractivity contribution in [3.63, 3.8) is 0 Å². The predicted octanol–water partition coefficient (Wildman–Crippen LogP) is 3.53. The van der Waals surface area contributed by atoms with Crippen LogP contribution in [0.1, 0.15) is 36.2 Å². The highest BCUT2D eigenvalue weighted by molar-refractivity contribution is 6.30. The van der Waals surface area contributed by atoms with Gasteiger partial charge in [-0.1, -0.05) is 23.7 Å². The van der Waals surface area contributed by atoms with Crippen LogP contribution in [0.25, 0.3) is 0 Å². The van der Waals surface area contributed by atoms with E-state index in [1.807, 2.05) is 12.1 Å². The zero-order valence-electron chi connectivity index (χ0n) is 17.5. The summed E-state index contributed by atoms with van der Waals surface area (Å²) in [6.07, 6.45) is 0.463. The summed E-state index contributed by atoms with van der Waals surface area (Å²) in [5, 5.41) is 12.3. The average Bonchev–Trinajstić information content (AvgIpc) is 2.72. The van der Waals surface area contributed by atoms with Crippen molar-refractivity contribution in [3.8, 4) is 5.75 Å². The number of carboxylic acids is 1. The van der Waals surface area contributed by atoms with Crippen molar-refractivity contribution >= 4 is 29.3 Å². The number of Topliss-reactive ketones (excluding diaryl/α,β-unsaturated/α-hetero) is 1. The lowest BCUT2D eigenvalue weighted by molar-refractivity contribution is -0.160. The average molecular weight is 448 g/mol. The minimum absolute atomic E-state index is 0.00196. The molecule has 0 saturated carbocycles. The second kappa shape index (κ2) is 11.5. The van der Waals surface area contributed by atoms with Gasteiger partial charge in [0, 0.05) is 10.6 Å². The predicted molar refractivity (Wildman–Crippen MR) is 117 cm³/mol. The number of benzene rings is 2. The lowest BCUT2D eigenvalue weighted by Crippen LogP contribution is -2.40. The second-order valence-corrected chi connectivity index (χ2v) is 7.83. The van der Waals surface area contributed by atoms with Crippen molar-refractivity contribution in [2.45, 2.75) is 32.3 Å². The molecule has 2 aromatic carbocycles. The van der Waals surface area contributed by atoms with E-state index in [0.29, 0.717) is 22.9 Å². The third kappa shape index (κ3) is 8.39. The van der Waals surface area contributed by atoms with Crippen LogP contribution in [0.3, 0.4) is 0 Å². The van der Waals surface area contributed by atoms with Crippen molar-refractivity contribution in [3.05, 3.63) is 64.7 Å². The molecule has 0 aliphatic heterocycles. The summed E-state index contributed by atoms with van der Waals surface area (Å²) >= 11 is 5.83. The number of hydrogen-bond donors (Lipinski definition) is 2. The minimum Gasteiger partial charge on any atom is -0.481 e. The number of ether oxygens (including phenoxy) is 2. The molecule has 0 spiro atoms. The van der Waals surface area contributed by atoms with E-state index in [2.05, 4.69) is 5.32 Å². The number of ketones is 1. The topological polar surface area (TPSA) is 102 Å². The summed E-state index contributed by atoms with van der Waals surface area (Å²) in [5.74, 6) is -1.17. The van der Waals surface area contributed by atoms with Crippen LogP contribution in [-0.4, -0.2) is 48.1 Å². The maximum atomic E-state index is 12.1. The molecule has 0 aliphatic rings. The maximum Gasteiger partial charge on any atom is 0.349 e. The molecule has 2 N–H and O–H groups in total. The van der Waals surface area contributed by atoms with Gasteiger partial charge in [-0.2, -0.15) is 0 Å². The Balaban J connectivity index is 1.75. The number of halogens is 1. The first-order valence-electron chi connectivity index (χ1n) is 9.84. The summed E-state index contributed by atoms with van der Waals surface area (Å²) in [6.45, 7) is 3.78. The van der Waals surface area contributed by atoms with E-state index in [9.17, 15) is 14.4 Å². The molecular formula is C23H26ClNO6. The number of carboxylic acid groups (broad SMARTS) is 1. The van der Waals surface area contributed by atoms with Gasteiger partial charge >= 0.3 is 11.9 Å². The van der Waals surface area contributed by atoms with Gasteiger partial charge < -0.3 is 19.9 Å². The Hall–Kier alpha value is -2.90. The molecule has 0 aromatic heterocycles. The molecular weight excluding hydrogens is 422 g/mol. The largest absolute Gasteiger partial charge is 0.481 e. The van der Waals surface area contributed by atoms with Crippen molar-refractivity contribution in [1.29, 1.82) is 0 Å². The summed E-state index contributed by atoms with van der Waals surface area (Å²) < 4.78 is 10.6. The molecule has 31 heavy (non-hydrogen) atoms. The second-order valence-electron chi connectivity index (χ2n) is 7.39. The molecule has 0 aliphatic carbocycles. The molecule has 0 amide bonds. The number of esters is 1. The Bertz CT molecular complexity index is 893. The highest BCUT2D eigenvalue weighted by atomic mass is 35.5. The van der Waals surface area contributed by atoms with E-state index in [-0.39, 0.29) is 25.4 Å². The monoisotopic (exact) mass is 447 g/mol.